The molecular weight excluding hydrogens is 277 g/mol. The molecule has 0 saturated carbocycles. The molecule has 0 amide bonds. The minimum Gasteiger partial charge on any atom is -0.319 e. The van der Waals surface area contributed by atoms with E-state index in [1.165, 1.54) is 11.1 Å². The van der Waals surface area contributed by atoms with Crippen LogP contribution in [0.5, 0.6) is 0 Å². The lowest BCUT2D eigenvalue weighted by atomic mass is 9.95. The Morgan fingerprint density at radius 1 is 1.14 bits per heavy atom. The van der Waals surface area contributed by atoms with E-state index >= 15 is 0 Å². The van der Waals surface area contributed by atoms with Gasteiger partial charge in [-0.2, -0.15) is 13.2 Å². The summed E-state index contributed by atoms with van der Waals surface area (Å²) < 4.78 is 38.0. The van der Waals surface area contributed by atoms with E-state index < -0.39 is 12.1 Å². The molecule has 1 aliphatic rings. The molecule has 0 spiro atoms. The Balaban J connectivity index is 1.91. The van der Waals surface area contributed by atoms with Crippen molar-refractivity contribution in [2.24, 2.45) is 5.92 Å². The van der Waals surface area contributed by atoms with Gasteiger partial charge in [-0.25, -0.2) is 0 Å². The first-order valence-electron chi connectivity index (χ1n) is 7.51. The Hall–Kier alpha value is -1.07. The molecule has 0 atom stereocenters. The van der Waals surface area contributed by atoms with Crippen LogP contribution in [-0.2, 0) is 13.0 Å². The molecule has 2 rings (SSSR count). The Bertz CT molecular complexity index is 437. The standard InChI is InChI=1S/C16H23F3N2/c1-20-9-6-13-4-2-3-5-14(13)12-21-10-7-15(8-11-21)16(17,18)19/h2-5,15,20H,6-12H2,1H3. The fourth-order valence-corrected chi connectivity index (χ4v) is 2.87. The minimum atomic E-state index is -4.03. The molecule has 118 valence electrons. The van der Waals surface area contributed by atoms with Gasteiger partial charge in [-0.15, -0.1) is 0 Å². The number of piperidine rings is 1. The Kier molecular flexibility index (Phi) is 5.65. The Morgan fingerprint density at radius 2 is 1.76 bits per heavy atom. The Labute approximate surface area is 124 Å². The predicted molar refractivity (Wildman–Crippen MR) is 78.1 cm³/mol. The van der Waals surface area contributed by atoms with Crippen LogP contribution < -0.4 is 5.32 Å². The molecule has 1 N–H and O–H groups in total. The molecule has 2 nitrogen and oxygen atoms in total. The van der Waals surface area contributed by atoms with Crippen LogP contribution in [0.15, 0.2) is 24.3 Å². The highest BCUT2D eigenvalue weighted by atomic mass is 19.4. The second-order valence-corrected chi connectivity index (χ2v) is 5.71. The first kappa shape index (κ1) is 16.3. The summed E-state index contributed by atoms with van der Waals surface area (Å²) in [6, 6.07) is 8.21. The van der Waals surface area contributed by atoms with E-state index in [1.54, 1.807) is 0 Å². The summed E-state index contributed by atoms with van der Waals surface area (Å²) >= 11 is 0. The lowest BCUT2D eigenvalue weighted by Crippen LogP contribution is -2.38. The van der Waals surface area contributed by atoms with Crippen molar-refractivity contribution in [2.45, 2.75) is 32.0 Å². The zero-order chi connectivity index (χ0) is 15.3. The van der Waals surface area contributed by atoms with Crippen molar-refractivity contribution in [2.75, 3.05) is 26.7 Å². The van der Waals surface area contributed by atoms with Gasteiger partial charge >= 0.3 is 6.18 Å². The number of halogens is 3. The van der Waals surface area contributed by atoms with Crippen molar-refractivity contribution in [1.29, 1.82) is 0 Å². The second-order valence-electron chi connectivity index (χ2n) is 5.71. The summed E-state index contributed by atoms with van der Waals surface area (Å²) in [4.78, 5) is 2.14. The van der Waals surface area contributed by atoms with Gasteiger partial charge in [0.25, 0.3) is 0 Å². The average molecular weight is 300 g/mol. The number of hydrogen-bond acceptors (Lipinski definition) is 2. The van der Waals surface area contributed by atoms with Gasteiger partial charge in [0.15, 0.2) is 0 Å². The fraction of sp³-hybridized carbons (Fsp3) is 0.625. The molecule has 1 aliphatic heterocycles. The van der Waals surface area contributed by atoms with Gasteiger partial charge in [-0.1, -0.05) is 24.3 Å². The van der Waals surface area contributed by atoms with Crippen LogP contribution in [0.4, 0.5) is 13.2 Å². The number of hydrogen-bond donors (Lipinski definition) is 1. The van der Waals surface area contributed by atoms with Crippen LogP contribution >= 0.6 is 0 Å². The maximum Gasteiger partial charge on any atom is 0.391 e. The minimum absolute atomic E-state index is 0.224. The Morgan fingerprint density at radius 3 is 2.33 bits per heavy atom. The number of alkyl halides is 3. The molecule has 1 heterocycles. The van der Waals surface area contributed by atoms with E-state index in [4.69, 9.17) is 0 Å². The summed E-state index contributed by atoms with van der Waals surface area (Å²) in [5.41, 5.74) is 2.52. The normalized spacial score (nSPS) is 18.1. The monoisotopic (exact) mass is 300 g/mol. The summed E-state index contributed by atoms with van der Waals surface area (Å²) in [5, 5.41) is 3.13. The molecule has 1 fully saturated rings. The highest BCUT2D eigenvalue weighted by Crippen LogP contribution is 2.34. The van der Waals surface area contributed by atoms with Crippen molar-refractivity contribution in [3.8, 4) is 0 Å². The topological polar surface area (TPSA) is 15.3 Å². The number of likely N-dealkylation sites (N-methyl/N-ethyl adjacent to an activating group) is 1. The van der Waals surface area contributed by atoms with Crippen LogP contribution in [0.3, 0.4) is 0 Å². The van der Waals surface area contributed by atoms with Gasteiger partial charge in [0.1, 0.15) is 0 Å². The third-order valence-corrected chi connectivity index (χ3v) is 4.21. The lowest BCUT2D eigenvalue weighted by Gasteiger charge is -2.33. The average Bonchev–Trinajstić information content (AvgIpc) is 2.46. The SMILES string of the molecule is CNCCc1ccccc1CN1CCC(C(F)(F)F)CC1. The van der Waals surface area contributed by atoms with E-state index in [9.17, 15) is 13.2 Å². The molecule has 0 radical (unpaired) electrons. The second kappa shape index (κ2) is 7.27. The van der Waals surface area contributed by atoms with E-state index in [0.717, 1.165) is 19.5 Å². The summed E-state index contributed by atoms with van der Waals surface area (Å²) in [6.07, 6.45) is -2.63. The van der Waals surface area contributed by atoms with E-state index in [2.05, 4.69) is 22.3 Å². The molecule has 0 bridgehead atoms. The van der Waals surface area contributed by atoms with E-state index in [0.29, 0.717) is 13.1 Å². The molecule has 0 unspecified atom stereocenters. The van der Waals surface area contributed by atoms with Crippen LogP contribution in [-0.4, -0.2) is 37.8 Å². The van der Waals surface area contributed by atoms with Gasteiger partial charge in [-0.05, 0) is 57.1 Å². The fourth-order valence-electron chi connectivity index (χ4n) is 2.87. The van der Waals surface area contributed by atoms with Gasteiger partial charge < -0.3 is 5.32 Å². The molecule has 0 aliphatic carbocycles. The zero-order valence-corrected chi connectivity index (χ0v) is 12.4. The maximum atomic E-state index is 12.7. The predicted octanol–water partition coefficient (Wildman–Crippen LogP) is 3.22. The number of nitrogens with zero attached hydrogens (tertiary/aromatic N) is 1. The summed E-state index contributed by atoms with van der Waals surface area (Å²) in [6.45, 7) is 2.73. The van der Waals surface area contributed by atoms with E-state index in [1.807, 2.05) is 19.2 Å². The van der Waals surface area contributed by atoms with Crippen molar-refractivity contribution >= 4 is 0 Å². The van der Waals surface area contributed by atoms with Crippen LogP contribution in [0.25, 0.3) is 0 Å². The molecule has 5 heteroatoms. The van der Waals surface area contributed by atoms with Crippen LogP contribution in [0.2, 0.25) is 0 Å². The third kappa shape index (κ3) is 4.71. The smallest absolute Gasteiger partial charge is 0.319 e. The highest BCUT2D eigenvalue weighted by molar-refractivity contribution is 5.27. The van der Waals surface area contributed by atoms with Crippen molar-refractivity contribution < 1.29 is 13.2 Å². The molecule has 21 heavy (non-hydrogen) atoms. The number of rotatable bonds is 5. The maximum absolute atomic E-state index is 12.7. The van der Waals surface area contributed by atoms with Crippen molar-refractivity contribution in [1.82, 2.24) is 10.2 Å². The summed E-state index contributed by atoms with van der Waals surface area (Å²) in [5.74, 6) is -1.12. The molecular formula is C16H23F3N2. The zero-order valence-electron chi connectivity index (χ0n) is 12.4. The van der Waals surface area contributed by atoms with E-state index in [-0.39, 0.29) is 12.8 Å². The van der Waals surface area contributed by atoms with Gasteiger partial charge in [0.05, 0.1) is 5.92 Å². The van der Waals surface area contributed by atoms with Crippen LogP contribution in [0, 0.1) is 5.92 Å². The van der Waals surface area contributed by atoms with Crippen molar-refractivity contribution in [3.63, 3.8) is 0 Å². The largest absolute Gasteiger partial charge is 0.391 e. The first-order valence-corrected chi connectivity index (χ1v) is 7.51. The van der Waals surface area contributed by atoms with Crippen LogP contribution in [0.1, 0.15) is 24.0 Å². The van der Waals surface area contributed by atoms with Gasteiger partial charge in [-0.3, -0.25) is 4.90 Å². The van der Waals surface area contributed by atoms with Gasteiger partial charge in [0.2, 0.25) is 0 Å². The number of benzene rings is 1. The quantitative estimate of drug-likeness (QED) is 0.898. The molecule has 0 aromatic heterocycles. The first-order chi connectivity index (χ1) is 10.0. The van der Waals surface area contributed by atoms with Crippen molar-refractivity contribution in [3.05, 3.63) is 35.4 Å². The number of nitrogens with one attached hydrogen (secondary N) is 1. The molecule has 1 saturated heterocycles. The lowest BCUT2D eigenvalue weighted by molar-refractivity contribution is -0.185. The molecule has 1 aromatic rings. The number of likely N-dealkylation sites (tertiary alicyclic amines) is 1. The molecule has 1 aromatic carbocycles. The third-order valence-electron chi connectivity index (χ3n) is 4.21. The highest BCUT2D eigenvalue weighted by Gasteiger charge is 2.40. The van der Waals surface area contributed by atoms with Gasteiger partial charge in [0, 0.05) is 6.54 Å². The summed E-state index contributed by atoms with van der Waals surface area (Å²) in [7, 11) is 1.92.